The minimum Gasteiger partial charge on any atom is -0.366 e. The largest absolute Gasteiger partial charge is 0.366 e. The summed E-state index contributed by atoms with van der Waals surface area (Å²) < 4.78 is 0. The fourth-order valence-corrected chi connectivity index (χ4v) is 3.72. The average molecular weight is 412 g/mol. The van der Waals surface area contributed by atoms with Crippen LogP contribution in [0.25, 0.3) is 11.3 Å². The summed E-state index contributed by atoms with van der Waals surface area (Å²) in [6, 6.07) is 22.9. The quantitative estimate of drug-likeness (QED) is 0.538. The number of nitrogens with zero attached hydrogens (tertiary/aromatic N) is 1. The van der Waals surface area contributed by atoms with Gasteiger partial charge in [0.1, 0.15) is 0 Å². The third kappa shape index (κ3) is 4.34. The molecule has 1 aliphatic rings. The van der Waals surface area contributed by atoms with E-state index in [4.69, 9.17) is 5.73 Å². The topological polar surface area (TPSA) is 87.5 Å². The number of carbonyl (C=O) groups is 2. The summed E-state index contributed by atoms with van der Waals surface area (Å²) >= 11 is 0. The van der Waals surface area contributed by atoms with E-state index in [1.807, 2.05) is 56.6 Å². The minimum atomic E-state index is -0.534. The summed E-state index contributed by atoms with van der Waals surface area (Å²) in [5.74, 6) is -0.763. The Balaban J connectivity index is 1.83. The van der Waals surface area contributed by atoms with Gasteiger partial charge in [-0.1, -0.05) is 48.5 Å². The van der Waals surface area contributed by atoms with Crippen LogP contribution in [0.4, 0.5) is 11.4 Å². The Hall–Kier alpha value is -3.90. The lowest BCUT2D eigenvalue weighted by molar-refractivity contribution is -0.110. The summed E-state index contributed by atoms with van der Waals surface area (Å²) in [7, 11) is 4.05. The Morgan fingerprint density at radius 3 is 2.45 bits per heavy atom. The maximum absolute atomic E-state index is 13.0. The highest BCUT2D eigenvalue weighted by Crippen LogP contribution is 2.38. The smallest absolute Gasteiger partial charge is 0.258 e. The van der Waals surface area contributed by atoms with Crippen LogP contribution >= 0.6 is 0 Å². The van der Waals surface area contributed by atoms with Crippen LogP contribution in [0.5, 0.6) is 0 Å². The van der Waals surface area contributed by atoms with Crippen molar-refractivity contribution in [3.8, 4) is 0 Å². The zero-order valence-electron chi connectivity index (χ0n) is 17.5. The Bertz CT molecular complexity index is 1180. The predicted molar refractivity (Wildman–Crippen MR) is 124 cm³/mol. The van der Waals surface area contributed by atoms with Gasteiger partial charge in [-0.15, -0.1) is 0 Å². The van der Waals surface area contributed by atoms with Gasteiger partial charge in [0.15, 0.2) is 0 Å². The molecule has 6 nitrogen and oxygen atoms in total. The average Bonchev–Trinajstić information content (AvgIpc) is 3.07. The molecule has 0 aliphatic carbocycles. The third-order valence-corrected chi connectivity index (χ3v) is 5.06. The molecular formula is C25H24N4O2. The van der Waals surface area contributed by atoms with Gasteiger partial charge in [0.25, 0.3) is 5.91 Å². The number of nitrogens with two attached hydrogens (primary N) is 1. The van der Waals surface area contributed by atoms with Gasteiger partial charge in [-0.2, -0.15) is 0 Å². The fraction of sp³-hybridized carbons (Fsp3) is 0.120. The second-order valence-corrected chi connectivity index (χ2v) is 7.76. The number of nitrogens with one attached hydrogen (secondary N) is 2. The van der Waals surface area contributed by atoms with Crippen LogP contribution < -0.4 is 16.4 Å². The van der Waals surface area contributed by atoms with Gasteiger partial charge >= 0.3 is 0 Å². The van der Waals surface area contributed by atoms with Gasteiger partial charge in [0, 0.05) is 29.0 Å². The first kappa shape index (κ1) is 20.4. The molecule has 0 fully saturated rings. The zero-order chi connectivity index (χ0) is 22.0. The Labute approximate surface area is 181 Å². The van der Waals surface area contributed by atoms with Crippen molar-refractivity contribution in [2.24, 2.45) is 5.73 Å². The van der Waals surface area contributed by atoms with Gasteiger partial charge in [-0.3, -0.25) is 9.59 Å². The van der Waals surface area contributed by atoms with Crippen molar-refractivity contribution < 1.29 is 9.59 Å². The molecule has 2 amide bonds. The molecule has 4 rings (SSSR count). The summed E-state index contributed by atoms with van der Waals surface area (Å²) in [5.41, 5.74) is 11.2. The second kappa shape index (κ2) is 8.45. The SMILES string of the molecule is CN(C)Cc1cccc(NC(=C2C(=O)Nc3cc(C(N)=O)ccc32)c2ccccc2)c1. The molecule has 1 aliphatic heterocycles. The first-order chi connectivity index (χ1) is 14.9. The number of amides is 2. The van der Waals surface area contributed by atoms with E-state index in [-0.39, 0.29) is 5.91 Å². The van der Waals surface area contributed by atoms with E-state index in [1.165, 1.54) is 0 Å². The first-order valence-corrected chi connectivity index (χ1v) is 9.98. The Kier molecular flexibility index (Phi) is 5.56. The molecule has 0 saturated carbocycles. The van der Waals surface area contributed by atoms with Gasteiger partial charge in [0.2, 0.25) is 5.91 Å². The van der Waals surface area contributed by atoms with E-state index in [2.05, 4.69) is 27.7 Å². The van der Waals surface area contributed by atoms with Gasteiger partial charge in [-0.05, 0) is 49.5 Å². The molecule has 3 aromatic carbocycles. The lowest BCUT2D eigenvalue weighted by Crippen LogP contribution is -2.12. The van der Waals surface area contributed by atoms with Crippen LogP contribution in [-0.2, 0) is 11.3 Å². The van der Waals surface area contributed by atoms with Crippen molar-refractivity contribution in [3.63, 3.8) is 0 Å². The molecule has 4 N–H and O–H groups in total. The molecule has 3 aromatic rings. The number of hydrogen-bond acceptors (Lipinski definition) is 4. The fourth-order valence-electron chi connectivity index (χ4n) is 3.72. The first-order valence-electron chi connectivity index (χ1n) is 9.98. The van der Waals surface area contributed by atoms with Crippen LogP contribution in [0.15, 0.2) is 72.8 Å². The lowest BCUT2D eigenvalue weighted by atomic mass is 9.99. The number of anilines is 2. The van der Waals surface area contributed by atoms with Crippen molar-refractivity contribution in [1.82, 2.24) is 4.90 Å². The van der Waals surface area contributed by atoms with Crippen molar-refractivity contribution >= 4 is 34.5 Å². The Morgan fingerprint density at radius 1 is 0.968 bits per heavy atom. The van der Waals surface area contributed by atoms with E-state index in [0.717, 1.165) is 28.9 Å². The van der Waals surface area contributed by atoms with Crippen molar-refractivity contribution in [1.29, 1.82) is 0 Å². The van der Waals surface area contributed by atoms with Crippen LogP contribution in [0, 0.1) is 0 Å². The molecule has 1 heterocycles. The molecule has 0 spiro atoms. The van der Waals surface area contributed by atoms with Gasteiger partial charge in [0.05, 0.1) is 11.3 Å². The predicted octanol–water partition coefficient (Wildman–Crippen LogP) is 3.78. The summed E-state index contributed by atoms with van der Waals surface area (Å²) in [6.07, 6.45) is 0. The number of carbonyl (C=O) groups excluding carboxylic acids is 2. The molecule has 0 radical (unpaired) electrons. The van der Waals surface area contributed by atoms with Crippen molar-refractivity contribution in [2.75, 3.05) is 24.7 Å². The zero-order valence-corrected chi connectivity index (χ0v) is 17.5. The molecule has 156 valence electrons. The summed E-state index contributed by atoms with van der Waals surface area (Å²) in [4.78, 5) is 26.7. The molecule has 6 heteroatoms. The van der Waals surface area contributed by atoms with Crippen molar-refractivity contribution in [3.05, 3.63) is 95.1 Å². The minimum absolute atomic E-state index is 0.229. The van der Waals surface area contributed by atoms with Gasteiger partial charge < -0.3 is 21.3 Å². The summed E-state index contributed by atoms with van der Waals surface area (Å²) in [5, 5.41) is 6.33. The molecule has 0 atom stereocenters. The molecule has 31 heavy (non-hydrogen) atoms. The van der Waals surface area contributed by atoms with Crippen LogP contribution in [0.3, 0.4) is 0 Å². The highest BCUT2D eigenvalue weighted by molar-refractivity contribution is 6.37. The summed E-state index contributed by atoms with van der Waals surface area (Å²) in [6.45, 7) is 0.811. The van der Waals surface area contributed by atoms with Gasteiger partial charge in [-0.25, -0.2) is 0 Å². The van der Waals surface area contributed by atoms with E-state index >= 15 is 0 Å². The Morgan fingerprint density at radius 2 is 1.74 bits per heavy atom. The molecule has 0 bridgehead atoms. The standard InChI is InChI=1S/C25H24N4O2/c1-29(2)15-16-7-6-10-19(13-16)27-23(17-8-4-3-5-9-17)22-20-12-11-18(24(26)30)14-21(20)28-25(22)31/h3-14,27H,15H2,1-2H3,(H2,26,30)(H,28,31). The normalized spacial score (nSPS) is 14.2. The molecule has 0 aromatic heterocycles. The van der Waals surface area contributed by atoms with Crippen LogP contribution in [-0.4, -0.2) is 30.8 Å². The van der Waals surface area contributed by atoms with E-state index in [1.54, 1.807) is 18.2 Å². The number of primary amides is 1. The maximum Gasteiger partial charge on any atom is 0.258 e. The highest BCUT2D eigenvalue weighted by atomic mass is 16.2. The number of rotatable bonds is 6. The van der Waals surface area contributed by atoms with Crippen LogP contribution in [0.2, 0.25) is 0 Å². The highest BCUT2D eigenvalue weighted by Gasteiger charge is 2.29. The lowest BCUT2D eigenvalue weighted by Gasteiger charge is -2.16. The second-order valence-electron chi connectivity index (χ2n) is 7.76. The van der Waals surface area contributed by atoms with Crippen molar-refractivity contribution in [2.45, 2.75) is 6.54 Å². The monoisotopic (exact) mass is 412 g/mol. The molecule has 0 unspecified atom stereocenters. The number of fused-ring (bicyclic) bond motifs is 1. The molecular weight excluding hydrogens is 388 g/mol. The van der Waals surface area contributed by atoms with E-state index in [9.17, 15) is 9.59 Å². The maximum atomic E-state index is 13.0. The molecule has 0 saturated heterocycles. The third-order valence-electron chi connectivity index (χ3n) is 5.06. The number of benzene rings is 3. The van der Waals surface area contributed by atoms with E-state index in [0.29, 0.717) is 22.5 Å². The van der Waals surface area contributed by atoms with E-state index < -0.39 is 5.91 Å². The van der Waals surface area contributed by atoms with Crippen LogP contribution in [0.1, 0.15) is 27.0 Å². The number of hydrogen-bond donors (Lipinski definition) is 3.